The average Bonchev–Trinajstić information content (AvgIpc) is 2.71. The topological polar surface area (TPSA) is 55.1 Å². The Hall–Kier alpha value is -1.81. The van der Waals surface area contributed by atoms with Crippen LogP contribution in [0.4, 0.5) is 10.5 Å². The van der Waals surface area contributed by atoms with Crippen molar-refractivity contribution in [1.82, 2.24) is 0 Å². The lowest BCUT2D eigenvalue weighted by molar-refractivity contribution is 0.259. The second-order valence-electron chi connectivity index (χ2n) is 3.04. The number of benzene rings is 1. The number of nitrogens with two attached hydrogens (primary N) is 1. The van der Waals surface area contributed by atoms with Crippen molar-refractivity contribution in [1.29, 1.82) is 0 Å². The van der Waals surface area contributed by atoms with Gasteiger partial charge in [-0.25, -0.2) is 4.79 Å². The second kappa shape index (κ2) is 4.14. The van der Waals surface area contributed by atoms with E-state index in [0.29, 0.717) is 5.69 Å². The molecular formula is C11H10N2OS. The second-order valence-corrected chi connectivity index (χ2v) is 3.99. The number of anilines is 1. The Morgan fingerprint density at radius 1 is 1.20 bits per heavy atom. The molecule has 0 unspecified atom stereocenters. The van der Waals surface area contributed by atoms with Gasteiger partial charge in [0.2, 0.25) is 0 Å². The van der Waals surface area contributed by atoms with Crippen molar-refractivity contribution in [3.63, 3.8) is 0 Å². The Balaban J connectivity index is 2.21. The van der Waals surface area contributed by atoms with Gasteiger partial charge in [-0.1, -0.05) is 18.2 Å². The van der Waals surface area contributed by atoms with Gasteiger partial charge in [0, 0.05) is 10.6 Å². The zero-order valence-electron chi connectivity index (χ0n) is 7.94. The van der Waals surface area contributed by atoms with Crippen LogP contribution in [0.5, 0.6) is 0 Å². The first-order chi connectivity index (χ1) is 7.25. The Labute approximate surface area is 91.5 Å². The normalized spacial score (nSPS) is 9.87. The highest BCUT2D eigenvalue weighted by Gasteiger charge is 1.99. The van der Waals surface area contributed by atoms with Crippen LogP contribution in [-0.4, -0.2) is 6.03 Å². The van der Waals surface area contributed by atoms with Crippen LogP contribution < -0.4 is 11.1 Å². The van der Waals surface area contributed by atoms with E-state index in [9.17, 15) is 4.79 Å². The third-order valence-corrected chi connectivity index (χ3v) is 2.88. The van der Waals surface area contributed by atoms with Gasteiger partial charge in [-0.2, -0.15) is 0 Å². The zero-order chi connectivity index (χ0) is 10.7. The lowest BCUT2D eigenvalue weighted by Gasteiger charge is -2.02. The number of hydrogen-bond donors (Lipinski definition) is 2. The van der Waals surface area contributed by atoms with Crippen molar-refractivity contribution in [3.05, 3.63) is 41.8 Å². The fourth-order valence-electron chi connectivity index (χ4n) is 1.30. The molecule has 3 N–H and O–H groups in total. The van der Waals surface area contributed by atoms with E-state index in [1.54, 1.807) is 11.3 Å². The third kappa shape index (κ3) is 2.35. The molecule has 0 fully saturated rings. The summed E-state index contributed by atoms with van der Waals surface area (Å²) >= 11 is 1.68. The lowest BCUT2D eigenvalue weighted by Crippen LogP contribution is -2.19. The molecule has 0 aliphatic rings. The van der Waals surface area contributed by atoms with Crippen LogP contribution in [0, 0.1) is 0 Å². The van der Waals surface area contributed by atoms with Crippen LogP contribution in [0.25, 0.3) is 10.4 Å². The largest absolute Gasteiger partial charge is 0.351 e. The summed E-state index contributed by atoms with van der Waals surface area (Å²) in [6.07, 6.45) is 0. The monoisotopic (exact) mass is 218 g/mol. The fourth-order valence-corrected chi connectivity index (χ4v) is 2.04. The molecule has 1 heterocycles. The molecule has 0 saturated carbocycles. The number of primary amides is 1. The van der Waals surface area contributed by atoms with Crippen molar-refractivity contribution < 1.29 is 4.79 Å². The van der Waals surface area contributed by atoms with E-state index < -0.39 is 6.03 Å². The first-order valence-electron chi connectivity index (χ1n) is 4.46. The minimum atomic E-state index is -0.543. The van der Waals surface area contributed by atoms with Gasteiger partial charge in [0.25, 0.3) is 0 Å². The lowest BCUT2D eigenvalue weighted by atomic mass is 10.2. The molecule has 0 bridgehead atoms. The van der Waals surface area contributed by atoms with E-state index in [2.05, 4.69) is 11.4 Å². The summed E-state index contributed by atoms with van der Waals surface area (Å²) in [5, 5.41) is 4.55. The van der Waals surface area contributed by atoms with Gasteiger partial charge in [-0.05, 0) is 29.1 Å². The highest BCUT2D eigenvalue weighted by atomic mass is 32.1. The molecule has 0 spiro atoms. The zero-order valence-corrected chi connectivity index (χ0v) is 8.75. The molecule has 0 saturated heterocycles. The summed E-state index contributed by atoms with van der Waals surface area (Å²) in [5.41, 5.74) is 6.86. The number of thiophene rings is 1. The SMILES string of the molecule is NC(=O)Nc1ccc(-c2cccs2)cc1. The van der Waals surface area contributed by atoms with Crippen LogP contribution in [0.1, 0.15) is 0 Å². The quantitative estimate of drug-likeness (QED) is 0.800. The predicted molar refractivity (Wildman–Crippen MR) is 63.0 cm³/mol. The number of urea groups is 1. The van der Waals surface area contributed by atoms with Gasteiger partial charge in [-0.3, -0.25) is 0 Å². The third-order valence-electron chi connectivity index (χ3n) is 1.96. The van der Waals surface area contributed by atoms with Crippen molar-refractivity contribution in [2.45, 2.75) is 0 Å². The minimum Gasteiger partial charge on any atom is -0.351 e. The molecule has 2 aromatic rings. The van der Waals surface area contributed by atoms with E-state index in [1.807, 2.05) is 35.7 Å². The smallest absolute Gasteiger partial charge is 0.316 e. The summed E-state index contributed by atoms with van der Waals surface area (Å²) in [5.74, 6) is 0. The standard InChI is InChI=1S/C11H10N2OS/c12-11(14)13-9-5-3-8(4-6-9)10-2-1-7-15-10/h1-7H,(H3,12,13,14). The number of carbonyl (C=O) groups excluding carboxylic acids is 1. The Bertz CT molecular complexity index is 448. The summed E-state index contributed by atoms with van der Waals surface area (Å²) in [4.78, 5) is 11.8. The summed E-state index contributed by atoms with van der Waals surface area (Å²) in [6, 6.07) is 11.1. The molecule has 4 heteroatoms. The maximum atomic E-state index is 10.6. The summed E-state index contributed by atoms with van der Waals surface area (Å²) in [7, 11) is 0. The Kier molecular flexibility index (Phi) is 2.69. The fraction of sp³-hybridized carbons (Fsp3) is 0. The van der Waals surface area contributed by atoms with E-state index in [0.717, 1.165) is 5.56 Å². The van der Waals surface area contributed by atoms with Crippen molar-refractivity contribution in [3.8, 4) is 10.4 Å². The van der Waals surface area contributed by atoms with E-state index in [-0.39, 0.29) is 0 Å². The van der Waals surface area contributed by atoms with Crippen LogP contribution in [0.3, 0.4) is 0 Å². The number of rotatable bonds is 2. The molecule has 1 aromatic carbocycles. The Morgan fingerprint density at radius 2 is 1.93 bits per heavy atom. The molecule has 0 aliphatic carbocycles. The van der Waals surface area contributed by atoms with Gasteiger partial charge in [0.05, 0.1) is 0 Å². The molecule has 76 valence electrons. The van der Waals surface area contributed by atoms with Crippen LogP contribution in [-0.2, 0) is 0 Å². The molecule has 15 heavy (non-hydrogen) atoms. The minimum absolute atomic E-state index is 0.543. The predicted octanol–water partition coefficient (Wildman–Crippen LogP) is 2.91. The first-order valence-corrected chi connectivity index (χ1v) is 5.34. The average molecular weight is 218 g/mol. The van der Waals surface area contributed by atoms with Crippen molar-refractivity contribution >= 4 is 23.1 Å². The van der Waals surface area contributed by atoms with Crippen molar-refractivity contribution in [2.75, 3.05) is 5.32 Å². The molecule has 3 nitrogen and oxygen atoms in total. The highest BCUT2D eigenvalue weighted by molar-refractivity contribution is 7.13. The number of nitrogens with one attached hydrogen (secondary N) is 1. The number of amides is 2. The van der Waals surface area contributed by atoms with Crippen LogP contribution in [0.15, 0.2) is 41.8 Å². The molecule has 2 amide bonds. The van der Waals surface area contributed by atoms with Gasteiger partial charge in [-0.15, -0.1) is 11.3 Å². The Morgan fingerprint density at radius 3 is 2.47 bits per heavy atom. The molecule has 2 rings (SSSR count). The summed E-state index contributed by atoms with van der Waals surface area (Å²) in [6.45, 7) is 0. The van der Waals surface area contributed by atoms with Crippen molar-refractivity contribution in [2.24, 2.45) is 5.73 Å². The molecule has 0 radical (unpaired) electrons. The van der Waals surface area contributed by atoms with Crippen LogP contribution >= 0.6 is 11.3 Å². The molecule has 0 atom stereocenters. The van der Waals surface area contributed by atoms with Gasteiger partial charge >= 0.3 is 6.03 Å². The number of hydrogen-bond acceptors (Lipinski definition) is 2. The maximum Gasteiger partial charge on any atom is 0.316 e. The van der Waals surface area contributed by atoms with Gasteiger partial charge in [0.15, 0.2) is 0 Å². The molecular weight excluding hydrogens is 208 g/mol. The highest BCUT2D eigenvalue weighted by Crippen LogP contribution is 2.25. The van der Waals surface area contributed by atoms with E-state index in [1.165, 1.54) is 4.88 Å². The maximum absolute atomic E-state index is 10.6. The summed E-state index contributed by atoms with van der Waals surface area (Å²) < 4.78 is 0. The van der Waals surface area contributed by atoms with Gasteiger partial charge < -0.3 is 11.1 Å². The molecule has 0 aliphatic heterocycles. The van der Waals surface area contributed by atoms with E-state index >= 15 is 0 Å². The molecule has 1 aromatic heterocycles. The van der Waals surface area contributed by atoms with E-state index in [4.69, 9.17) is 5.73 Å². The first kappa shape index (κ1) is 9.73. The number of carbonyl (C=O) groups is 1. The van der Waals surface area contributed by atoms with Gasteiger partial charge in [0.1, 0.15) is 0 Å². The van der Waals surface area contributed by atoms with Crippen LogP contribution in [0.2, 0.25) is 0 Å².